The molecule has 2 aliphatic rings. The summed E-state index contributed by atoms with van der Waals surface area (Å²) in [7, 11) is 0. The number of nitrogens with zero attached hydrogens (tertiary/aromatic N) is 1. The highest BCUT2D eigenvalue weighted by Gasteiger charge is 2.51. The fourth-order valence-electron chi connectivity index (χ4n) is 2.63. The van der Waals surface area contributed by atoms with Gasteiger partial charge in [-0.2, -0.15) is 0 Å². The summed E-state index contributed by atoms with van der Waals surface area (Å²) < 4.78 is 0. The molecule has 0 unspecified atom stereocenters. The van der Waals surface area contributed by atoms with Gasteiger partial charge in [-0.25, -0.2) is 0 Å². The molecule has 1 aliphatic carbocycles. The van der Waals surface area contributed by atoms with Crippen LogP contribution < -0.4 is 0 Å². The third-order valence-corrected chi connectivity index (χ3v) is 4.62. The van der Waals surface area contributed by atoms with Crippen molar-refractivity contribution in [1.82, 2.24) is 4.90 Å². The third kappa shape index (κ3) is 2.19. The van der Waals surface area contributed by atoms with E-state index in [0.717, 1.165) is 25.2 Å². The monoisotopic (exact) mass is 271 g/mol. The van der Waals surface area contributed by atoms with E-state index in [1.807, 2.05) is 12.1 Å². The van der Waals surface area contributed by atoms with Gasteiger partial charge in [0, 0.05) is 19.6 Å². The Hall–Kier alpha value is -0.280. The van der Waals surface area contributed by atoms with Gasteiger partial charge in [0.15, 0.2) is 0 Å². The molecule has 0 spiro atoms. The minimum atomic E-state index is -0.426. The van der Waals surface area contributed by atoms with Crippen LogP contribution >= 0.6 is 23.2 Å². The molecule has 2 fully saturated rings. The second-order valence-electron chi connectivity index (χ2n) is 5.24. The van der Waals surface area contributed by atoms with Crippen molar-refractivity contribution in [3.63, 3.8) is 0 Å². The molecule has 1 saturated carbocycles. The predicted molar refractivity (Wildman–Crippen MR) is 69.4 cm³/mol. The van der Waals surface area contributed by atoms with Gasteiger partial charge in [-0.15, -0.1) is 0 Å². The standard InChI is InChI=1S/C13H15Cl2NO/c14-11-3-1-2-9(12(11)15)6-16-7-13(17,8-16)10-4-5-10/h1-3,10,17H,4-8H2. The maximum Gasteiger partial charge on any atom is 0.0928 e. The van der Waals surface area contributed by atoms with E-state index in [4.69, 9.17) is 23.2 Å². The zero-order valence-electron chi connectivity index (χ0n) is 9.50. The summed E-state index contributed by atoms with van der Waals surface area (Å²) in [6.07, 6.45) is 2.37. The largest absolute Gasteiger partial charge is 0.387 e. The number of aliphatic hydroxyl groups is 1. The Bertz CT molecular complexity index is 439. The molecule has 2 nitrogen and oxygen atoms in total. The first-order valence-electron chi connectivity index (χ1n) is 5.96. The van der Waals surface area contributed by atoms with E-state index in [1.54, 1.807) is 6.07 Å². The lowest BCUT2D eigenvalue weighted by molar-refractivity contribution is -0.116. The van der Waals surface area contributed by atoms with E-state index in [9.17, 15) is 5.11 Å². The maximum absolute atomic E-state index is 10.2. The van der Waals surface area contributed by atoms with Crippen LogP contribution in [0.2, 0.25) is 10.0 Å². The van der Waals surface area contributed by atoms with Crippen molar-refractivity contribution in [3.05, 3.63) is 33.8 Å². The molecule has 1 aromatic rings. The van der Waals surface area contributed by atoms with Gasteiger partial charge in [-0.1, -0.05) is 35.3 Å². The number of β-amino-alcohol motifs (C(OH)–C–C–N with tert-alkyl or cyclic N) is 1. The number of benzene rings is 1. The van der Waals surface area contributed by atoms with Crippen molar-refractivity contribution < 1.29 is 5.11 Å². The summed E-state index contributed by atoms with van der Waals surface area (Å²) >= 11 is 12.1. The Kier molecular flexibility index (Phi) is 2.86. The van der Waals surface area contributed by atoms with Gasteiger partial charge in [-0.05, 0) is 30.4 Å². The summed E-state index contributed by atoms with van der Waals surface area (Å²) in [5, 5.41) is 11.5. The number of hydrogen-bond acceptors (Lipinski definition) is 2. The molecule has 0 amide bonds. The third-order valence-electron chi connectivity index (χ3n) is 3.76. The lowest BCUT2D eigenvalue weighted by Gasteiger charge is -2.47. The number of likely N-dealkylation sites (tertiary alicyclic amines) is 1. The Morgan fingerprint density at radius 3 is 2.65 bits per heavy atom. The first kappa shape index (κ1) is 11.8. The van der Waals surface area contributed by atoms with Gasteiger partial charge in [0.1, 0.15) is 0 Å². The first-order valence-corrected chi connectivity index (χ1v) is 6.72. The lowest BCUT2D eigenvalue weighted by Crippen LogP contribution is -2.62. The molecule has 0 aromatic heterocycles. The summed E-state index contributed by atoms with van der Waals surface area (Å²) in [6.45, 7) is 2.30. The highest BCUT2D eigenvalue weighted by atomic mass is 35.5. The summed E-state index contributed by atoms with van der Waals surface area (Å²) in [5.41, 5.74) is 0.613. The van der Waals surface area contributed by atoms with Crippen molar-refractivity contribution in [2.45, 2.75) is 25.0 Å². The fourth-order valence-corrected chi connectivity index (χ4v) is 3.01. The average molecular weight is 272 g/mol. The van der Waals surface area contributed by atoms with E-state index in [1.165, 1.54) is 12.8 Å². The van der Waals surface area contributed by atoms with Crippen LogP contribution in [0, 0.1) is 5.92 Å². The molecule has 1 aliphatic heterocycles. The molecular weight excluding hydrogens is 257 g/mol. The molecule has 92 valence electrons. The van der Waals surface area contributed by atoms with Crippen molar-refractivity contribution >= 4 is 23.2 Å². The number of halogens is 2. The molecule has 3 rings (SSSR count). The SMILES string of the molecule is OC1(C2CC2)CN(Cc2cccc(Cl)c2Cl)C1. The average Bonchev–Trinajstić information content (AvgIpc) is 3.06. The molecule has 0 bridgehead atoms. The van der Waals surface area contributed by atoms with Crippen LogP contribution in [-0.4, -0.2) is 28.7 Å². The Morgan fingerprint density at radius 1 is 1.29 bits per heavy atom. The van der Waals surface area contributed by atoms with Crippen LogP contribution in [0.5, 0.6) is 0 Å². The van der Waals surface area contributed by atoms with Crippen LogP contribution in [0.3, 0.4) is 0 Å². The van der Waals surface area contributed by atoms with Gasteiger partial charge in [-0.3, -0.25) is 4.90 Å². The van der Waals surface area contributed by atoms with Gasteiger partial charge >= 0.3 is 0 Å². The van der Waals surface area contributed by atoms with Crippen LogP contribution in [0.15, 0.2) is 18.2 Å². The van der Waals surface area contributed by atoms with Crippen molar-refractivity contribution in [2.24, 2.45) is 5.92 Å². The van der Waals surface area contributed by atoms with Crippen molar-refractivity contribution in [2.75, 3.05) is 13.1 Å². The zero-order chi connectivity index (χ0) is 12.0. The smallest absolute Gasteiger partial charge is 0.0928 e. The molecular formula is C13H15Cl2NO. The second-order valence-corrected chi connectivity index (χ2v) is 6.02. The Morgan fingerprint density at radius 2 is 2.00 bits per heavy atom. The number of rotatable bonds is 3. The zero-order valence-corrected chi connectivity index (χ0v) is 11.0. The molecule has 17 heavy (non-hydrogen) atoms. The normalized spacial score (nSPS) is 23.5. The van der Waals surface area contributed by atoms with Crippen LogP contribution in [-0.2, 0) is 6.54 Å². The molecule has 4 heteroatoms. The summed E-state index contributed by atoms with van der Waals surface area (Å²) in [5.74, 6) is 0.536. The highest BCUT2D eigenvalue weighted by Crippen LogP contribution is 2.45. The molecule has 1 heterocycles. The van der Waals surface area contributed by atoms with Crippen LogP contribution in [0.1, 0.15) is 18.4 Å². The van der Waals surface area contributed by atoms with Crippen molar-refractivity contribution in [1.29, 1.82) is 0 Å². The topological polar surface area (TPSA) is 23.5 Å². The van der Waals surface area contributed by atoms with Crippen LogP contribution in [0.25, 0.3) is 0 Å². The van der Waals surface area contributed by atoms with Gasteiger partial charge in [0.05, 0.1) is 15.6 Å². The van der Waals surface area contributed by atoms with Crippen LogP contribution in [0.4, 0.5) is 0 Å². The Labute approximate surface area is 111 Å². The molecule has 0 radical (unpaired) electrons. The molecule has 1 aromatic carbocycles. The van der Waals surface area contributed by atoms with E-state index in [0.29, 0.717) is 16.0 Å². The molecule has 1 saturated heterocycles. The molecule has 1 N–H and O–H groups in total. The number of hydrogen-bond donors (Lipinski definition) is 1. The predicted octanol–water partition coefficient (Wildman–Crippen LogP) is 2.95. The fraction of sp³-hybridized carbons (Fsp3) is 0.538. The van der Waals surface area contributed by atoms with Gasteiger partial charge in [0.2, 0.25) is 0 Å². The van der Waals surface area contributed by atoms with E-state index in [-0.39, 0.29) is 0 Å². The van der Waals surface area contributed by atoms with E-state index >= 15 is 0 Å². The van der Waals surface area contributed by atoms with Crippen molar-refractivity contribution in [3.8, 4) is 0 Å². The quantitative estimate of drug-likeness (QED) is 0.914. The van der Waals surface area contributed by atoms with Gasteiger partial charge in [0.25, 0.3) is 0 Å². The molecule has 0 atom stereocenters. The first-order chi connectivity index (χ1) is 8.08. The second kappa shape index (κ2) is 4.13. The van der Waals surface area contributed by atoms with Gasteiger partial charge < -0.3 is 5.11 Å². The maximum atomic E-state index is 10.2. The van der Waals surface area contributed by atoms with E-state index < -0.39 is 5.60 Å². The Balaban J connectivity index is 1.63. The summed E-state index contributed by atoms with van der Waals surface area (Å²) in [4.78, 5) is 2.22. The summed E-state index contributed by atoms with van der Waals surface area (Å²) in [6, 6.07) is 5.70. The minimum absolute atomic E-state index is 0.426. The lowest BCUT2D eigenvalue weighted by atomic mass is 9.88. The van der Waals surface area contributed by atoms with E-state index in [2.05, 4.69) is 4.90 Å². The highest BCUT2D eigenvalue weighted by molar-refractivity contribution is 6.42. The minimum Gasteiger partial charge on any atom is -0.387 e.